The summed E-state index contributed by atoms with van der Waals surface area (Å²) in [6.07, 6.45) is 2.62. The summed E-state index contributed by atoms with van der Waals surface area (Å²) in [5.74, 6) is 0.447. The number of anilines is 1. The van der Waals surface area contributed by atoms with Gasteiger partial charge in [0.05, 0.1) is 17.9 Å². The summed E-state index contributed by atoms with van der Waals surface area (Å²) in [6.45, 7) is 4.16. The predicted molar refractivity (Wildman–Crippen MR) is 88.0 cm³/mol. The molecule has 3 rings (SSSR count). The van der Waals surface area contributed by atoms with E-state index < -0.39 is 5.97 Å². The predicted octanol–water partition coefficient (Wildman–Crippen LogP) is 3.23. The highest BCUT2D eigenvalue weighted by Gasteiger charge is 2.27. The minimum atomic E-state index is -0.468. The van der Waals surface area contributed by atoms with E-state index in [1.807, 2.05) is 0 Å². The molecule has 0 bridgehead atoms. The first kappa shape index (κ1) is 16.2. The summed E-state index contributed by atoms with van der Waals surface area (Å²) >= 11 is 0. The second-order valence-electron chi connectivity index (χ2n) is 6.00. The van der Waals surface area contributed by atoms with Crippen LogP contribution in [0.1, 0.15) is 52.4 Å². The fourth-order valence-corrected chi connectivity index (χ4v) is 2.92. The fourth-order valence-electron chi connectivity index (χ4n) is 2.92. The Labute approximate surface area is 140 Å². The number of ether oxygens (including phenoxy) is 1. The Morgan fingerprint density at radius 3 is 2.96 bits per heavy atom. The maximum atomic E-state index is 12.6. The number of esters is 1. The summed E-state index contributed by atoms with van der Waals surface area (Å²) in [6, 6.07) is 6.76. The van der Waals surface area contributed by atoms with Gasteiger partial charge in [-0.2, -0.15) is 0 Å². The van der Waals surface area contributed by atoms with Crippen LogP contribution in [0.25, 0.3) is 0 Å². The van der Waals surface area contributed by atoms with Gasteiger partial charge in [0.25, 0.3) is 5.91 Å². The van der Waals surface area contributed by atoms with Crippen molar-refractivity contribution in [2.75, 3.05) is 11.9 Å². The number of fused-ring (bicyclic) bond motifs is 1. The van der Waals surface area contributed by atoms with Crippen LogP contribution in [0.2, 0.25) is 0 Å². The number of hydrogen-bond donors (Lipinski definition) is 1. The Morgan fingerprint density at radius 1 is 1.38 bits per heavy atom. The van der Waals surface area contributed by atoms with Gasteiger partial charge in [0.1, 0.15) is 5.76 Å². The van der Waals surface area contributed by atoms with Gasteiger partial charge in [-0.05, 0) is 37.8 Å². The van der Waals surface area contributed by atoms with Crippen LogP contribution in [0.3, 0.4) is 0 Å². The van der Waals surface area contributed by atoms with Gasteiger partial charge in [0, 0.05) is 12.0 Å². The number of carbonyl (C=O) groups is 2. The second kappa shape index (κ2) is 6.86. The molecule has 0 saturated carbocycles. The normalized spacial score (nSPS) is 16.3. The van der Waals surface area contributed by atoms with Gasteiger partial charge >= 0.3 is 5.97 Å². The third-order valence-corrected chi connectivity index (χ3v) is 4.17. The summed E-state index contributed by atoms with van der Waals surface area (Å²) in [7, 11) is 0. The van der Waals surface area contributed by atoms with E-state index >= 15 is 0 Å². The lowest BCUT2D eigenvalue weighted by Crippen LogP contribution is -2.19. The minimum absolute atomic E-state index is 0.274. The molecule has 1 N–H and O–H groups in total. The van der Waals surface area contributed by atoms with Crippen molar-refractivity contribution >= 4 is 17.6 Å². The molecule has 1 aromatic carbocycles. The number of rotatable bonds is 4. The van der Waals surface area contributed by atoms with Crippen molar-refractivity contribution in [3.05, 3.63) is 46.8 Å². The second-order valence-corrected chi connectivity index (χ2v) is 6.00. The van der Waals surface area contributed by atoms with Gasteiger partial charge in [-0.15, -0.1) is 0 Å². The standard InChI is InChI=1S/C18H20N2O4/c1-3-23-18(22)12-6-4-5-7-14(12)19-17(21)16-13-10-11(2)8-9-15(13)24-20-16/h4-7,11H,3,8-10H2,1-2H3,(H,19,21). The molecule has 1 heterocycles. The number of nitrogens with one attached hydrogen (secondary N) is 1. The monoisotopic (exact) mass is 328 g/mol. The van der Waals surface area contributed by atoms with E-state index in [0.717, 1.165) is 30.6 Å². The van der Waals surface area contributed by atoms with Gasteiger partial charge in [0.2, 0.25) is 0 Å². The molecule has 0 saturated heterocycles. The van der Waals surface area contributed by atoms with Crippen molar-refractivity contribution in [3.63, 3.8) is 0 Å². The lowest BCUT2D eigenvalue weighted by molar-refractivity contribution is 0.0527. The SMILES string of the molecule is CCOC(=O)c1ccccc1NC(=O)c1noc2c1CC(C)CC2. The number of hydrogen-bond acceptors (Lipinski definition) is 5. The largest absolute Gasteiger partial charge is 0.462 e. The average molecular weight is 328 g/mol. The first-order chi connectivity index (χ1) is 11.6. The molecule has 1 amide bonds. The van der Waals surface area contributed by atoms with Crippen LogP contribution in [-0.4, -0.2) is 23.6 Å². The number of nitrogens with zero attached hydrogens (tertiary/aromatic N) is 1. The smallest absolute Gasteiger partial charge is 0.340 e. The van der Waals surface area contributed by atoms with Crippen molar-refractivity contribution in [1.29, 1.82) is 0 Å². The third-order valence-electron chi connectivity index (χ3n) is 4.17. The molecule has 0 aliphatic heterocycles. The number of aromatic nitrogens is 1. The van der Waals surface area contributed by atoms with E-state index in [1.165, 1.54) is 0 Å². The highest BCUT2D eigenvalue weighted by Crippen LogP contribution is 2.28. The average Bonchev–Trinajstić information content (AvgIpc) is 2.98. The zero-order valence-corrected chi connectivity index (χ0v) is 13.8. The minimum Gasteiger partial charge on any atom is -0.462 e. The Bertz CT molecular complexity index is 766. The molecule has 0 radical (unpaired) electrons. The zero-order chi connectivity index (χ0) is 17.1. The molecule has 0 fully saturated rings. The molecule has 1 aliphatic carbocycles. The molecule has 1 aliphatic rings. The van der Waals surface area contributed by atoms with Gasteiger partial charge < -0.3 is 14.6 Å². The fraction of sp³-hybridized carbons (Fsp3) is 0.389. The van der Waals surface area contributed by atoms with E-state index in [2.05, 4.69) is 17.4 Å². The number of para-hydroxylation sites is 1. The van der Waals surface area contributed by atoms with Gasteiger partial charge in [-0.1, -0.05) is 24.2 Å². The van der Waals surface area contributed by atoms with E-state index in [1.54, 1.807) is 31.2 Å². The van der Waals surface area contributed by atoms with Crippen LogP contribution in [-0.2, 0) is 17.6 Å². The van der Waals surface area contributed by atoms with Gasteiger partial charge in [-0.25, -0.2) is 4.79 Å². The number of aryl methyl sites for hydroxylation is 1. The van der Waals surface area contributed by atoms with Crippen molar-refractivity contribution in [2.24, 2.45) is 5.92 Å². The summed E-state index contributed by atoms with van der Waals surface area (Å²) in [5.41, 5.74) is 1.90. The molecule has 1 aromatic heterocycles. The van der Waals surface area contributed by atoms with Crippen molar-refractivity contribution in [2.45, 2.75) is 33.1 Å². The maximum absolute atomic E-state index is 12.6. The molecular formula is C18H20N2O4. The molecule has 24 heavy (non-hydrogen) atoms. The molecule has 2 aromatic rings. The molecule has 6 heteroatoms. The Morgan fingerprint density at radius 2 is 2.17 bits per heavy atom. The topological polar surface area (TPSA) is 81.4 Å². The van der Waals surface area contributed by atoms with Crippen LogP contribution in [0.15, 0.2) is 28.8 Å². The number of amides is 1. The lowest BCUT2D eigenvalue weighted by atomic mass is 9.88. The highest BCUT2D eigenvalue weighted by molar-refractivity contribution is 6.07. The van der Waals surface area contributed by atoms with Crippen LogP contribution in [0, 0.1) is 5.92 Å². The summed E-state index contributed by atoms with van der Waals surface area (Å²) in [5, 5.41) is 6.69. The summed E-state index contributed by atoms with van der Waals surface area (Å²) < 4.78 is 10.3. The molecular weight excluding hydrogens is 308 g/mol. The zero-order valence-electron chi connectivity index (χ0n) is 13.8. The first-order valence-corrected chi connectivity index (χ1v) is 8.15. The Kier molecular flexibility index (Phi) is 4.64. The van der Waals surface area contributed by atoms with Crippen molar-refractivity contribution < 1.29 is 18.8 Å². The third kappa shape index (κ3) is 3.18. The van der Waals surface area contributed by atoms with E-state index in [4.69, 9.17) is 9.26 Å². The first-order valence-electron chi connectivity index (χ1n) is 8.15. The van der Waals surface area contributed by atoms with Crippen LogP contribution < -0.4 is 5.32 Å². The Balaban J connectivity index is 1.84. The van der Waals surface area contributed by atoms with E-state index in [-0.39, 0.29) is 12.5 Å². The number of carbonyl (C=O) groups excluding carboxylic acids is 2. The quantitative estimate of drug-likeness (QED) is 0.871. The van der Waals surface area contributed by atoms with Crippen LogP contribution in [0.5, 0.6) is 0 Å². The van der Waals surface area contributed by atoms with Gasteiger partial charge in [0.15, 0.2) is 5.69 Å². The molecule has 1 atom stereocenters. The highest BCUT2D eigenvalue weighted by atomic mass is 16.5. The van der Waals surface area contributed by atoms with Gasteiger partial charge in [-0.3, -0.25) is 4.79 Å². The van der Waals surface area contributed by atoms with Crippen LogP contribution >= 0.6 is 0 Å². The van der Waals surface area contributed by atoms with E-state index in [0.29, 0.717) is 22.9 Å². The van der Waals surface area contributed by atoms with Crippen LogP contribution in [0.4, 0.5) is 5.69 Å². The molecule has 0 spiro atoms. The maximum Gasteiger partial charge on any atom is 0.340 e. The van der Waals surface area contributed by atoms with Crippen molar-refractivity contribution in [1.82, 2.24) is 5.16 Å². The number of benzene rings is 1. The molecule has 6 nitrogen and oxygen atoms in total. The lowest BCUT2D eigenvalue weighted by Gasteiger charge is -2.16. The molecule has 1 unspecified atom stereocenters. The Hall–Kier alpha value is -2.63. The summed E-state index contributed by atoms with van der Waals surface area (Å²) in [4.78, 5) is 24.6. The van der Waals surface area contributed by atoms with Crippen molar-refractivity contribution in [3.8, 4) is 0 Å². The molecule has 126 valence electrons. The van der Waals surface area contributed by atoms with E-state index in [9.17, 15) is 9.59 Å².